The van der Waals surface area contributed by atoms with Crippen molar-refractivity contribution in [2.24, 2.45) is 0 Å². The van der Waals surface area contributed by atoms with Crippen LogP contribution in [0.2, 0.25) is 10.0 Å². The highest BCUT2D eigenvalue weighted by molar-refractivity contribution is 6.35. The molecule has 5 nitrogen and oxygen atoms in total. The third-order valence-electron chi connectivity index (χ3n) is 3.01. The molecular formula is C17H16Cl2N2O3. The first-order valence-corrected chi connectivity index (χ1v) is 8.05. The molecule has 2 aromatic rings. The number of carbonyl (C=O) groups excluding carboxylic acids is 2. The lowest BCUT2D eigenvalue weighted by atomic mass is 10.2. The fourth-order valence-electron chi connectivity index (χ4n) is 1.93. The second-order valence-electron chi connectivity index (χ2n) is 4.91. The second-order valence-corrected chi connectivity index (χ2v) is 5.78. The summed E-state index contributed by atoms with van der Waals surface area (Å²) in [6.45, 7) is 2.47. The molecule has 2 rings (SSSR count). The Labute approximate surface area is 149 Å². The van der Waals surface area contributed by atoms with E-state index in [-0.39, 0.29) is 5.56 Å². The minimum absolute atomic E-state index is 0.239. The van der Waals surface area contributed by atoms with E-state index in [1.807, 2.05) is 6.92 Å². The number of ether oxygens (including phenoxy) is 1. The molecule has 0 unspecified atom stereocenters. The summed E-state index contributed by atoms with van der Waals surface area (Å²) >= 11 is 11.7. The van der Waals surface area contributed by atoms with E-state index in [0.29, 0.717) is 28.0 Å². The van der Waals surface area contributed by atoms with Crippen LogP contribution in [0.3, 0.4) is 0 Å². The fraction of sp³-hybridized carbons (Fsp3) is 0.176. The lowest BCUT2D eigenvalue weighted by Gasteiger charge is -2.12. The quantitative estimate of drug-likeness (QED) is 0.789. The van der Waals surface area contributed by atoms with E-state index in [0.717, 1.165) is 6.42 Å². The third kappa shape index (κ3) is 4.88. The van der Waals surface area contributed by atoms with E-state index >= 15 is 0 Å². The maximum Gasteiger partial charge on any atom is 0.273 e. The molecular weight excluding hydrogens is 351 g/mol. The molecule has 0 spiro atoms. The summed E-state index contributed by atoms with van der Waals surface area (Å²) in [5.41, 5.74) is 5.24. The van der Waals surface area contributed by atoms with E-state index in [2.05, 4.69) is 10.9 Å². The van der Waals surface area contributed by atoms with E-state index in [9.17, 15) is 9.59 Å². The minimum Gasteiger partial charge on any atom is -0.493 e. The number of rotatable bonds is 5. The average molecular weight is 367 g/mol. The summed E-state index contributed by atoms with van der Waals surface area (Å²) in [5.74, 6) is -0.556. The first-order chi connectivity index (χ1) is 11.5. The predicted octanol–water partition coefficient (Wildman–Crippen LogP) is 3.86. The Morgan fingerprint density at radius 2 is 1.62 bits per heavy atom. The number of para-hydroxylation sites is 1. The van der Waals surface area contributed by atoms with Crippen LogP contribution in [-0.2, 0) is 0 Å². The second kappa shape index (κ2) is 8.57. The maximum atomic E-state index is 12.2. The van der Waals surface area contributed by atoms with Crippen molar-refractivity contribution in [3.05, 3.63) is 63.6 Å². The zero-order valence-electron chi connectivity index (χ0n) is 12.9. The minimum atomic E-state index is -0.528. The van der Waals surface area contributed by atoms with Gasteiger partial charge in [0.25, 0.3) is 11.8 Å². The van der Waals surface area contributed by atoms with Crippen LogP contribution in [0.15, 0.2) is 42.5 Å². The average Bonchev–Trinajstić information content (AvgIpc) is 2.57. The van der Waals surface area contributed by atoms with Crippen molar-refractivity contribution in [1.82, 2.24) is 10.9 Å². The molecule has 0 saturated carbocycles. The van der Waals surface area contributed by atoms with Gasteiger partial charge in [-0.1, -0.05) is 42.3 Å². The molecule has 126 valence electrons. The lowest BCUT2D eigenvalue weighted by molar-refractivity contribution is 0.0844. The van der Waals surface area contributed by atoms with E-state index in [4.69, 9.17) is 27.9 Å². The Morgan fingerprint density at radius 1 is 1.00 bits per heavy atom. The van der Waals surface area contributed by atoms with Gasteiger partial charge in [-0.2, -0.15) is 0 Å². The number of nitrogens with one attached hydrogen (secondary N) is 2. The van der Waals surface area contributed by atoms with Gasteiger partial charge in [-0.15, -0.1) is 0 Å². The molecule has 0 aliphatic carbocycles. The van der Waals surface area contributed by atoms with Crippen molar-refractivity contribution in [1.29, 1.82) is 0 Å². The van der Waals surface area contributed by atoms with Crippen molar-refractivity contribution < 1.29 is 14.3 Å². The normalized spacial score (nSPS) is 10.1. The van der Waals surface area contributed by atoms with E-state index in [1.165, 1.54) is 18.2 Å². The van der Waals surface area contributed by atoms with Crippen LogP contribution in [0.5, 0.6) is 5.75 Å². The van der Waals surface area contributed by atoms with Gasteiger partial charge in [0, 0.05) is 15.6 Å². The van der Waals surface area contributed by atoms with Gasteiger partial charge in [0.05, 0.1) is 12.2 Å². The van der Waals surface area contributed by atoms with Gasteiger partial charge in [0.2, 0.25) is 0 Å². The molecule has 0 aromatic heterocycles. The van der Waals surface area contributed by atoms with Crippen molar-refractivity contribution in [2.45, 2.75) is 13.3 Å². The first kappa shape index (κ1) is 18.1. The number of benzene rings is 2. The predicted molar refractivity (Wildman–Crippen MR) is 93.6 cm³/mol. The van der Waals surface area contributed by atoms with Crippen molar-refractivity contribution in [3.8, 4) is 5.75 Å². The molecule has 0 saturated heterocycles. The van der Waals surface area contributed by atoms with Crippen LogP contribution in [-0.4, -0.2) is 18.4 Å². The number of carbonyl (C=O) groups is 2. The molecule has 24 heavy (non-hydrogen) atoms. The van der Waals surface area contributed by atoms with Gasteiger partial charge in [-0.25, -0.2) is 0 Å². The van der Waals surface area contributed by atoms with E-state index in [1.54, 1.807) is 24.3 Å². The molecule has 0 radical (unpaired) electrons. The summed E-state index contributed by atoms with van der Waals surface area (Å²) < 4.78 is 5.52. The van der Waals surface area contributed by atoms with E-state index < -0.39 is 11.8 Å². The Balaban J connectivity index is 2.04. The molecule has 7 heteroatoms. The van der Waals surface area contributed by atoms with Crippen LogP contribution in [0.25, 0.3) is 0 Å². The lowest BCUT2D eigenvalue weighted by Crippen LogP contribution is -2.41. The summed E-state index contributed by atoms with van der Waals surface area (Å²) in [6.07, 6.45) is 0.822. The van der Waals surface area contributed by atoms with Crippen LogP contribution in [0.1, 0.15) is 34.1 Å². The Hall–Kier alpha value is -2.24. The highest BCUT2D eigenvalue weighted by Gasteiger charge is 2.14. The summed E-state index contributed by atoms with van der Waals surface area (Å²) in [5, 5.41) is 0.662. The zero-order valence-corrected chi connectivity index (χ0v) is 14.4. The molecule has 2 N–H and O–H groups in total. The number of amides is 2. The zero-order chi connectivity index (χ0) is 17.5. The van der Waals surface area contributed by atoms with Crippen LogP contribution in [0, 0.1) is 0 Å². The molecule has 2 amide bonds. The van der Waals surface area contributed by atoms with Gasteiger partial charge in [0.1, 0.15) is 5.75 Å². The molecule has 0 aliphatic rings. The highest BCUT2D eigenvalue weighted by atomic mass is 35.5. The van der Waals surface area contributed by atoms with Gasteiger partial charge in [-0.05, 0) is 36.8 Å². The Kier molecular flexibility index (Phi) is 6.46. The fourth-order valence-corrected chi connectivity index (χ4v) is 2.46. The molecule has 0 atom stereocenters. The number of hydrogen-bond acceptors (Lipinski definition) is 3. The summed E-state index contributed by atoms with van der Waals surface area (Å²) in [4.78, 5) is 24.3. The van der Waals surface area contributed by atoms with Gasteiger partial charge >= 0.3 is 0 Å². The maximum absolute atomic E-state index is 12.2. The first-order valence-electron chi connectivity index (χ1n) is 7.30. The summed E-state index contributed by atoms with van der Waals surface area (Å²) in [7, 11) is 0. The molecule has 0 heterocycles. The van der Waals surface area contributed by atoms with Crippen molar-refractivity contribution in [2.75, 3.05) is 6.61 Å². The van der Waals surface area contributed by atoms with Gasteiger partial charge < -0.3 is 4.74 Å². The molecule has 0 aliphatic heterocycles. The largest absolute Gasteiger partial charge is 0.493 e. The standard InChI is InChI=1S/C17H16Cl2N2O3/c1-2-7-24-15-6-4-3-5-14(15)17(23)21-20-16(22)11-8-12(18)10-13(19)9-11/h3-6,8-10H,2,7H2,1H3,(H,20,22)(H,21,23). The number of hydrogen-bond donors (Lipinski definition) is 2. The molecule has 2 aromatic carbocycles. The van der Waals surface area contributed by atoms with Crippen molar-refractivity contribution >= 4 is 35.0 Å². The molecule has 0 fully saturated rings. The van der Waals surface area contributed by atoms with Crippen LogP contribution < -0.4 is 15.6 Å². The van der Waals surface area contributed by atoms with Gasteiger partial charge in [-0.3, -0.25) is 20.4 Å². The smallest absolute Gasteiger partial charge is 0.273 e. The highest BCUT2D eigenvalue weighted by Crippen LogP contribution is 2.19. The van der Waals surface area contributed by atoms with Crippen LogP contribution in [0.4, 0.5) is 0 Å². The van der Waals surface area contributed by atoms with Crippen LogP contribution >= 0.6 is 23.2 Å². The Bertz CT molecular complexity index is 730. The summed E-state index contributed by atoms with van der Waals surface area (Å²) in [6, 6.07) is 11.2. The topological polar surface area (TPSA) is 67.4 Å². The molecule has 0 bridgehead atoms. The van der Waals surface area contributed by atoms with Crippen molar-refractivity contribution in [3.63, 3.8) is 0 Å². The SMILES string of the molecule is CCCOc1ccccc1C(=O)NNC(=O)c1cc(Cl)cc(Cl)c1. The van der Waals surface area contributed by atoms with Gasteiger partial charge in [0.15, 0.2) is 0 Å². The third-order valence-corrected chi connectivity index (χ3v) is 3.44. The monoisotopic (exact) mass is 366 g/mol. The number of hydrazine groups is 1. The number of halogens is 2. The Morgan fingerprint density at radius 3 is 2.29 bits per heavy atom.